The third kappa shape index (κ3) is 4.22. The minimum atomic E-state index is -0.513. The molecule has 0 rings (SSSR count). The second-order valence-corrected chi connectivity index (χ2v) is 5.33. The van der Waals surface area contributed by atoms with Crippen molar-refractivity contribution >= 4 is 5.91 Å². The lowest BCUT2D eigenvalue weighted by Crippen LogP contribution is -2.43. The first-order valence-corrected chi connectivity index (χ1v) is 6.01. The predicted octanol–water partition coefficient (Wildman–Crippen LogP) is 2.68. The van der Waals surface area contributed by atoms with Crippen molar-refractivity contribution in [3.05, 3.63) is 0 Å². The molecule has 1 atom stereocenters. The minimum absolute atomic E-state index is 0.0267. The molecule has 3 nitrogen and oxygen atoms in total. The molecule has 0 saturated heterocycles. The predicted molar refractivity (Wildman–Crippen MR) is 65.6 cm³/mol. The van der Waals surface area contributed by atoms with Crippen LogP contribution in [0.5, 0.6) is 0 Å². The fraction of sp³-hybridized carbons (Fsp3) is 0.846. The molecule has 0 N–H and O–H groups in total. The molecule has 0 aromatic heterocycles. The molecule has 0 heterocycles. The highest BCUT2D eigenvalue weighted by Gasteiger charge is 2.28. The zero-order valence-electron chi connectivity index (χ0n) is 11.3. The summed E-state index contributed by atoms with van der Waals surface area (Å²) in [4.78, 5) is 14.0. The monoisotopic (exact) mass is 224 g/mol. The second-order valence-electron chi connectivity index (χ2n) is 5.33. The number of nitriles is 1. The van der Waals surface area contributed by atoms with Crippen LogP contribution >= 0.6 is 0 Å². The molecule has 1 unspecified atom stereocenters. The van der Waals surface area contributed by atoms with E-state index < -0.39 is 5.92 Å². The van der Waals surface area contributed by atoms with E-state index in [1.807, 2.05) is 32.6 Å². The van der Waals surface area contributed by atoms with E-state index in [1.165, 1.54) is 0 Å². The van der Waals surface area contributed by atoms with E-state index in [4.69, 9.17) is 5.26 Å². The van der Waals surface area contributed by atoms with E-state index in [1.54, 1.807) is 0 Å². The van der Waals surface area contributed by atoms with Crippen molar-refractivity contribution in [3.63, 3.8) is 0 Å². The van der Waals surface area contributed by atoms with Gasteiger partial charge in [0, 0.05) is 12.6 Å². The molecular formula is C13H24N2O. The zero-order valence-corrected chi connectivity index (χ0v) is 11.3. The Morgan fingerprint density at radius 1 is 1.19 bits per heavy atom. The Morgan fingerprint density at radius 2 is 1.69 bits per heavy atom. The van der Waals surface area contributed by atoms with E-state index in [9.17, 15) is 4.79 Å². The van der Waals surface area contributed by atoms with Crippen LogP contribution in [0.1, 0.15) is 41.5 Å². The molecule has 0 aliphatic carbocycles. The van der Waals surface area contributed by atoms with Gasteiger partial charge in [-0.1, -0.05) is 27.7 Å². The van der Waals surface area contributed by atoms with Crippen molar-refractivity contribution in [1.82, 2.24) is 4.90 Å². The van der Waals surface area contributed by atoms with Crippen molar-refractivity contribution < 1.29 is 4.79 Å². The van der Waals surface area contributed by atoms with Gasteiger partial charge in [0.25, 0.3) is 0 Å². The van der Waals surface area contributed by atoms with Crippen molar-refractivity contribution in [2.75, 3.05) is 6.54 Å². The molecule has 3 heteroatoms. The van der Waals surface area contributed by atoms with Crippen LogP contribution in [0, 0.1) is 29.1 Å². The third-order valence-corrected chi connectivity index (χ3v) is 2.54. The lowest BCUT2D eigenvalue weighted by molar-refractivity contribution is -0.137. The van der Waals surface area contributed by atoms with E-state index in [2.05, 4.69) is 19.9 Å². The van der Waals surface area contributed by atoms with Gasteiger partial charge < -0.3 is 4.90 Å². The summed E-state index contributed by atoms with van der Waals surface area (Å²) in [5.41, 5.74) is 0. The summed E-state index contributed by atoms with van der Waals surface area (Å²) in [6.45, 7) is 12.7. The van der Waals surface area contributed by atoms with Gasteiger partial charge in [-0.2, -0.15) is 5.26 Å². The van der Waals surface area contributed by atoms with Gasteiger partial charge in [-0.15, -0.1) is 0 Å². The van der Waals surface area contributed by atoms with Crippen LogP contribution in [0.3, 0.4) is 0 Å². The summed E-state index contributed by atoms with van der Waals surface area (Å²) in [7, 11) is 0. The molecule has 0 bridgehead atoms. The highest BCUT2D eigenvalue weighted by atomic mass is 16.2. The zero-order chi connectivity index (χ0) is 12.9. The summed E-state index contributed by atoms with van der Waals surface area (Å²) in [5.74, 6) is -0.0360. The van der Waals surface area contributed by atoms with Gasteiger partial charge in [-0.25, -0.2) is 0 Å². The first-order chi connectivity index (χ1) is 7.31. The van der Waals surface area contributed by atoms with Crippen LogP contribution in [0.4, 0.5) is 0 Å². The number of rotatable bonds is 5. The minimum Gasteiger partial charge on any atom is -0.339 e. The first-order valence-electron chi connectivity index (χ1n) is 6.01. The van der Waals surface area contributed by atoms with Crippen molar-refractivity contribution in [2.45, 2.75) is 47.6 Å². The molecule has 1 amide bonds. The summed E-state index contributed by atoms with van der Waals surface area (Å²) < 4.78 is 0. The average Bonchev–Trinajstić information content (AvgIpc) is 2.13. The van der Waals surface area contributed by atoms with E-state index in [-0.39, 0.29) is 17.9 Å². The number of nitrogens with zero attached hydrogens (tertiary/aromatic N) is 2. The molecule has 0 spiro atoms. The Morgan fingerprint density at radius 3 is 1.94 bits per heavy atom. The van der Waals surface area contributed by atoms with Crippen molar-refractivity contribution in [3.8, 4) is 6.07 Å². The summed E-state index contributed by atoms with van der Waals surface area (Å²) >= 11 is 0. The van der Waals surface area contributed by atoms with Crippen LogP contribution in [-0.2, 0) is 4.79 Å². The largest absolute Gasteiger partial charge is 0.339 e. The van der Waals surface area contributed by atoms with Gasteiger partial charge in [0.15, 0.2) is 0 Å². The van der Waals surface area contributed by atoms with Crippen LogP contribution in [0.15, 0.2) is 0 Å². The molecule has 92 valence electrons. The van der Waals surface area contributed by atoms with Gasteiger partial charge in [0.1, 0.15) is 5.92 Å². The van der Waals surface area contributed by atoms with E-state index in [0.29, 0.717) is 5.92 Å². The Balaban J connectivity index is 4.80. The normalized spacial score (nSPS) is 13.0. The van der Waals surface area contributed by atoms with E-state index >= 15 is 0 Å². The Labute approximate surface area is 99.4 Å². The Bertz CT molecular complexity index is 264. The van der Waals surface area contributed by atoms with Crippen LogP contribution in [-0.4, -0.2) is 23.4 Å². The molecule has 0 aromatic rings. The number of carbonyl (C=O) groups is 1. The number of hydrogen-bond donors (Lipinski definition) is 0. The van der Waals surface area contributed by atoms with Gasteiger partial charge in [-0.3, -0.25) is 4.79 Å². The SMILES string of the molecule is CC(C)CN(C(=O)C(C#N)C(C)C)C(C)C. The maximum Gasteiger partial charge on any atom is 0.240 e. The molecule has 0 fully saturated rings. The average molecular weight is 224 g/mol. The molecular weight excluding hydrogens is 200 g/mol. The molecule has 0 radical (unpaired) electrons. The second kappa shape index (κ2) is 6.52. The van der Waals surface area contributed by atoms with Crippen LogP contribution in [0.25, 0.3) is 0 Å². The molecule has 0 aromatic carbocycles. The molecule has 0 aliphatic heterocycles. The fourth-order valence-corrected chi connectivity index (χ4v) is 1.62. The Kier molecular flexibility index (Phi) is 6.10. The highest BCUT2D eigenvalue weighted by Crippen LogP contribution is 2.16. The van der Waals surface area contributed by atoms with Crippen LogP contribution in [0.2, 0.25) is 0 Å². The summed E-state index contributed by atoms with van der Waals surface area (Å²) in [5, 5.41) is 9.03. The number of hydrogen-bond acceptors (Lipinski definition) is 2. The van der Waals surface area contributed by atoms with Gasteiger partial charge >= 0.3 is 0 Å². The number of amides is 1. The molecule has 16 heavy (non-hydrogen) atoms. The summed E-state index contributed by atoms with van der Waals surface area (Å²) in [6.07, 6.45) is 0. The van der Waals surface area contributed by atoms with Gasteiger partial charge in [-0.05, 0) is 25.7 Å². The standard InChI is InChI=1S/C13H24N2O/c1-9(2)8-15(11(5)6)13(16)12(7-14)10(3)4/h9-12H,8H2,1-6H3. The smallest absolute Gasteiger partial charge is 0.240 e. The van der Waals surface area contributed by atoms with E-state index in [0.717, 1.165) is 6.54 Å². The quantitative estimate of drug-likeness (QED) is 0.720. The third-order valence-electron chi connectivity index (χ3n) is 2.54. The lowest BCUT2D eigenvalue weighted by Gasteiger charge is -2.31. The maximum atomic E-state index is 12.2. The Hall–Kier alpha value is -1.04. The lowest BCUT2D eigenvalue weighted by atomic mass is 9.95. The summed E-state index contributed by atoms with van der Waals surface area (Å²) in [6, 6.07) is 2.28. The highest BCUT2D eigenvalue weighted by molar-refractivity contribution is 5.81. The molecule has 0 saturated carbocycles. The fourth-order valence-electron chi connectivity index (χ4n) is 1.62. The van der Waals surface area contributed by atoms with Gasteiger partial charge in [0.05, 0.1) is 6.07 Å². The van der Waals surface area contributed by atoms with Crippen LogP contribution < -0.4 is 0 Å². The van der Waals surface area contributed by atoms with Crippen molar-refractivity contribution in [1.29, 1.82) is 5.26 Å². The topological polar surface area (TPSA) is 44.1 Å². The maximum absolute atomic E-state index is 12.2. The van der Waals surface area contributed by atoms with Crippen molar-refractivity contribution in [2.24, 2.45) is 17.8 Å². The first kappa shape index (κ1) is 15.0. The molecule has 0 aliphatic rings. The van der Waals surface area contributed by atoms with Gasteiger partial charge in [0.2, 0.25) is 5.91 Å². The number of carbonyl (C=O) groups excluding carboxylic acids is 1.